The van der Waals surface area contributed by atoms with E-state index in [-0.39, 0.29) is 24.8 Å². The van der Waals surface area contributed by atoms with Crippen molar-refractivity contribution in [3.63, 3.8) is 0 Å². The lowest BCUT2D eigenvalue weighted by atomic mass is 9.89. The van der Waals surface area contributed by atoms with E-state index in [2.05, 4.69) is 27.5 Å². The highest BCUT2D eigenvalue weighted by molar-refractivity contribution is 14.1. The molecule has 5 heteroatoms. The Morgan fingerprint density at radius 1 is 1.06 bits per heavy atom. The molecule has 1 saturated carbocycles. The van der Waals surface area contributed by atoms with Gasteiger partial charge in [-0.3, -0.25) is 4.90 Å². The Balaban J connectivity index is 0.00000112. The van der Waals surface area contributed by atoms with E-state index in [4.69, 9.17) is 5.73 Å². The molecular formula is C11H23Cl2IN2. The van der Waals surface area contributed by atoms with Crippen LogP contribution in [0.25, 0.3) is 0 Å². The standard InChI is InChI=1S/C11H21IN2.2ClH/c12-11-10(13)6-7-14(11)8-9-4-2-1-3-5-9;;/h9-11H,1-8,13H2;2*1H/t10-,11?;;/m1../s1. The summed E-state index contributed by atoms with van der Waals surface area (Å²) in [5.74, 6) is 0.964. The monoisotopic (exact) mass is 380 g/mol. The third-order valence-corrected chi connectivity index (χ3v) is 5.38. The maximum Gasteiger partial charge on any atom is 0.0772 e. The van der Waals surface area contributed by atoms with Gasteiger partial charge in [-0.05, 0) is 25.2 Å². The smallest absolute Gasteiger partial charge is 0.0772 e. The number of nitrogens with two attached hydrogens (primary N) is 1. The first-order valence-corrected chi connectivity index (χ1v) is 7.15. The summed E-state index contributed by atoms with van der Waals surface area (Å²) in [6.07, 6.45) is 8.47. The molecule has 2 atom stereocenters. The molecule has 16 heavy (non-hydrogen) atoms. The van der Waals surface area contributed by atoms with Crippen LogP contribution in [0.3, 0.4) is 0 Å². The molecule has 0 amide bonds. The number of hydrogen-bond acceptors (Lipinski definition) is 2. The number of hydrogen-bond donors (Lipinski definition) is 1. The summed E-state index contributed by atoms with van der Waals surface area (Å²) < 4.78 is 0.592. The Hall–Kier alpha value is 1.23. The first-order valence-electron chi connectivity index (χ1n) is 5.91. The number of likely N-dealkylation sites (tertiary alicyclic amines) is 1. The van der Waals surface area contributed by atoms with Crippen LogP contribution in [-0.2, 0) is 0 Å². The maximum atomic E-state index is 6.02. The second-order valence-electron chi connectivity index (χ2n) is 4.82. The quantitative estimate of drug-likeness (QED) is 0.452. The summed E-state index contributed by atoms with van der Waals surface area (Å²) >= 11 is 2.52. The summed E-state index contributed by atoms with van der Waals surface area (Å²) in [7, 11) is 0. The van der Waals surface area contributed by atoms with Crippen molar-refractivity contribution in [1.82, 2.24) is 4.90 Å². The maximum absolute atomic E-state index is 6.02. The second kappa shape index (κ2) is 8.35. The van der Waals surface area contributed by atoms with Crippen molar-refractivity contribution in [3.05, 3.63) is 0 Å². The van der Waals surface area contributed by atoms with E-state index < -0.39 is 0 Å². The Kier molecular flexibility index (Phi) is 8.99. The molecule has 2 N–H and O–H groups in total. The fourth-order valence-electron chi connectivity index (χ4n) is 2.74. The molecule has 2 nitrogen and oxygen atoms in total. The molecule has 1 aliphatic carbocycles. The third kappa shape index (κ3) is 4.48. The van der Waals surface area contributed by atoms with Crippen molar-refractivity contribution < 1.29 is 0 Å². The zero-order valence-electron chi connectivity index (χ0n) is 9.61. The number of rotatable bonds is 2. The van der Waals surface area contributed by atoms with E-state index >= 15 is 0 Å². The minimum atomic E-state index is 0. The van der Waals surface area contributed by atoms with E-state index in [0.717, 1.165) is 5.92 Å². The minimum Gasteiger partial charge on any atom is -0.326 e. The van der Waals surface area contributed by atoms with Gasteiger partial charge >= 0.3 is 0 Å². The molecule has 0 aromatic rings. The zero-order valence-corrected chi connectivity index (χ0v) is 13.4. The topological polar surface area (TPSA) is 29.3 Å². The number of nitrogens with zero attached hydrogens (tertiary/aromatic N) is 1. The fraction of sp³-hybridized carbons (Fsp3) is 1.00. The van der Waals surface area contributed by atoms with Crippen LogP contribution in [-0.4, -0.2) is 28.1 Å². The Bertz CT molecular complexity index is 189. The van der Waals surface area contributed by atoms with Gasteiger partial charge in [0.15, 0.2) is 0 Å². The molecule has 1 aliphatic heterocycles. The van der Waals surface area contributed by atoms with Crippen molar-refractivity contribution in [2.75, 3.05) is 13.1 Å². The summed E-state index contributed by atoms with van der Waals surface area (Å²) in [6.45, 7) is 2.53. The predicted octanol–water partition coefficient (Wildman–Crippen LogP) is 3.20. The lowest BCUT2D eigenvalue weighted by Gasteiger charge is -2.29. The molecule has 0 spiro atoms. The SMILES string of the molecule is Cl.Cl.N[C@@H]1CCN(CC2CCCCC2)C1I. The normalized spacial score (nSPS) is 31.9. The Labute approximate surface area is 125 Å². The highest BCUT2D eigenvalue weighted by atomic mass is 127. The second-order valence-corrected chi connectivity index (χ2v) is 6.10. The van der Waals surface area contributed by atoms with Gasteiger partial charge in [0, 0.05) is 19.1 Å². The highest BCUT2D eigenvalue weighted by Gasteiger charge is 2.30. The van der Waals surface area contributed by atoms with Crippen LogP contribution in [0.15, 0.2) is 0 Å². The van der Waals surface area contributed by atoms with E-state index in [1.54, 1.807) is 0 Å². The van der Waals surface area contributed by atoms with Gasteiger partial charge in [-0.15, -0.1) is 24.8 Å². The van der Waals surface area contributed by atoms with Gasteiger partial charge in [0.1, 0.15) is 0 Å². The van der Waals surface area contributed by atoms with Crippen molar-refractivity contribution >= 4 is 47.4 Å². The van der Waals surface area contributed by atoms with Crippen LogP contribution in [0.2, 0.25) is 0 Å². The highest BCUT2D eigenvalue weighted by Crippen LogP contribution is 2.29. The summed E-state index contributed by atoms with van der Waals surface area (Å²) in [4.78, 5) is 2.60. The van der Waals surface area contributed by atoms with E-state index in [1.807, 2.05) is 0 Å². The number of halogens is 3. The van der Waals surface area contributed by atoms with Gasteiger partial charge < -0.3 is 5.73 Å². The van der Waals surface area contributed by atoms with Gasteiger partial charge in [0.05, 0.1) is 4.05 Å². The molecular weight excluding hydrogens is 358 g/mol. The molecule has 0 aromatic carbocycles. The predicted molar refractivity (Wildman–Crippen MR) is 83.0 cm³/mol. The van der Waals surface area contributed by atoms with Crippen LogP contribution in [0.4, 0.5) is 0 Å². The fourth-order valence-corrected chi connectivity index (χ4v) is 3.61. The van der Waals surface area contributed by atoms with Crippen molar-refractivity contribution in [2.45, 2.75) is 48.6 Å². The molecule has 2 rings (SSSR count). The van der Waals surface area contributed by atoms with Crippen LogP contribution in [0, 0.1) is 5.92 Å². The van der Waals surface area contributed by atoms with Crippen LogP contribution < -0.4 is 5.73 Å². The molecule has 2 fully saturated rings. The van der Waals surface area contributed by atoms with Gasteiger partial charge in [0.2, 0.25) is 0 Å². The average molecular weight is 381 g/mol. The minimum absolute atomic E-state index is 0. The molecule has 1 saturated heterocycles. The first kappa shape index (κ1) is 17.2. The van der Waals surface area contributed by atoms with E-state index in [9.17, 15) is 0 Å². The molecule has 0 aromatic heterocycles. The lowest BCUT2D eigenvalue weighted by Crippen LogP contribution is -2.37. The molecule has 98 valence electrons. The van der Waals surface area contributed by atoms with E-state index in [0.29, 0.717) is 10.1 Å². The van der Waals surface area contributed by atoms with Gasteiger partial charge in [-0.2, -0.15) is 0 Å². The largest absolute Gasteiger partial charge is 0.326 e. The molecule has 2 aliphatic rings. The molecule has 0 bridgehead atoms. The third-order valence-electron chi connectivity index (χ3n) is 3.67. The first-order chi connectivity index (χ1) is 6.77. The van der Waals surface area contributed by atoms with Gasteiger partial charge in [-0.1, -0.05) is 41.9 Å². The Morgan fingerprint density at radius 2 is 1.69 bits per heavy atom. The molecule has 0 radical (unpaired) electrons. The molecule has 1 unspecified atom stereocenters. The van der Waals surface area contributed by atoms with Crippen LogP contribution >= 0.6 is 47.4 Å². The summed E-state index contributed by atoms with van der Waals surface area (Å²) in [5.41, 5.74) is 6.02. The number of alkyl halides is 1. The van der Waals surface area contributed by atoms with Crippen molar-refractivity contribution in [3.8, 4) is 0 Å². The van der Waals surface area contributed by atoms with Crippen LogP contribution in [0.5, 0.6) is 0 Å². The Morgan fingerprint density at radius 3 is 2.19 bits per heavy atom. The average Bonchev–Trinajstić information content (AvgIpc) is 2.52. The van der Waals surface area contributed by atoms with Crippen molar-refractivity contribution in [1.29, 1.82) is 0 Å². The zero-order chi connectivity index (χ0) is 9.97. The van der Waals surface area contributed by atoms with E-state index in [1.165, 1.54) is 51.6 Å². The van der Waals surface area contributed by atoms with Crippen molar-refractivity contribution in [2.24, 2.45) is 11.7 Å². The van der Waals surface area contributed by atoms with Crippen LogP contribution in [0.1, 0.15) is 38.5 Å². The lowest BCUT2D eigenvalue weighted by molar-refractivity contribution is 0.226. The summed E-state index contributed by atoms with van der Waals surface area (Å²) in [6, 6.07) is 0.416. The van der Waals surface area contributed by atoms with Gasteiger partial charge in [-0.25, -0.2) is 0 Å². The summed E-state index contributed by atoms with van der Waals surface area (Å²) in [5, 5.41) is 0. The molecule has 1 heterocycles. The van der Waals surface area contributed by atoms with Gasteiger partial charge in [0.25, 0.3) is 0 Å².